The summed E-state index contributed by atoms with van der Waals surface area (Å²) in [5.74, 6) is 0.987. The van der Waals surface area contributed by atoms with Gasteiger partial charge in [-0.2, -0.15) is 4.68 Å². The first-order valence-corrected chi connectivity index (χ1v) is 8.17. The summed E-state index contributed by atoms with van der Waals surface area (Å²) in [6.45, 7) is 1.89. The van der Waals surface area contributed by atoms with Crippen LogP contribution in [-0.2, 0) is 4.79 Å². The van der Waals surface area contributed by atoms with Crippen LogP contribution in [-0.4, -0.2) is 39.8 Å². The van der Waals surface area contributed by atoms with Gasteiger partial charge in [0, 0.05) is 10.7 Å². The van der Waals surface area contributed by atoms with Crippen molar-refractivity contribution >= 4 is 28.9 Å². The van der Waals surface area contributed by atoms with Crippen molar-refractivity contribution in [1.82, 2.24) is 20.2 Å². The largest absolute Gasteiger partial charge is 0.495 e. The van der Waals surface area contributed by atoms with Crippen molar-refractivity contribution in [3.8, 4) is 11.4 Å². The fourth-order valence-corrected chi connectivity index (χ4v) is 2.54. The number of amides is 1. The molecule has 0 saturated carbocycles. The third-order valence-electron chi connectivity index (χ3n) is 3.60. The molecule has 0 spiro atoms. The van der Waals surface area contributed by atoms with Gasteiger partial charge in [-0.1, -0.05) is 17.7 Å². The van der Waals surface area contributed by atoms with E-state index in [1.54, 1.807) is 22.9 Å². The lowest BCUT2D eigenvalue weighted by molar-refractivity contribution is -0.114. The lowest BCUT2D eigenvalue weighted by Gasteiger charge is -2.12. The third kappa shape index (κ3) is 4.09. The molecule has 0 bridgehead atoms. The second-order valence-electron chi connectivity index (χ2n) is 5.43. The summed E-state index contributed by atoms with van der Waals surface area (Å²) < 4.78 is 6.83. The molecule has 0 aliphatic heterocycles. The molecule has 1 amide bonds. The Morgan fingerprint density at radius 1 is 1.27 bits per heavy atom. The zero-order chi connectivity index (χ0) is 18.5. The van der Waals surface area contributed by atoms with Crippen LogP contribution in [0.15, 0.2) is 42.5 Å². The van der Waals surface area contributed by atoms with Crippen LogP contribution in [0.3, 0.4) is 0 Å². The van der Waals surface area contributed by atoms with Crippen LogP contribution in [0.4, 0.5) is 11.4 Å². The van der Waals surface area contributed by atoms with Gasteiger partial charge in [-0.15, -0.1) is 5.10 Å². The van der Waals surface area contributed by atoms with Crippen molar-refractivity contribution in [3.63, 3.8) is 0 Å². The molecule has 0 fully saturated rings. The van der Waals surface area contributed by atoms with Crippen LogP contribution in [0.5, 0.6) is 5.75 Å². The third-order valence-corrected chi connectivity index (χ3v) is 3.84. The zero-order valence-electron chi connectivity index (χ0n) is 14.2. The fraction of sp³-hybridized carbons (Fsp3) is 0.176. The van der Waals surface area contributed by atoms with Gasteiger partial charge in [-0.05, 0) is 53.7 Å². The van der Waals surface area contributed by atoms with Crippen LogP contribution >= 0.6 is 11.6 Å². The van der Waals surface area contributed by atoms with Crippen LogP contribution in [0.2, 0.25) is 5.02 Å². The normalized spacial score (nSPS) is 10.4. The SMILES string of the molecule is COc1ccc(Cl)cc1NC(=O)CNc1cccc(-n2nnnc2C)c1. The highest BCUT2D eigenvalue weighted by Crippen LogP contribution is 2.27. The van der Waals surface area contributed by atoms with Crippen molar-refractivity contribution < 1.29 is 9.53 Å². The Bertz CT molecular complexity index is 927. The minimum atomic E-state index is -0.227. The predicted molar refractivity (Wildman–Crippen MR) is 99.0 cm³/mol. The lowest BCUT2D eigenvalue weighted by atomic mass is 10.2. The molecule has 134 valence electrons. The van der Waals surface area contributed by atoms with Crippen molar-refractivity contribution in [2.75, 3.05) is 24.3 Å². The molecule has 26 heavy (non-hydrogen) atoms. The molecule has 0 atom stereocenters. The van der Waals surface area contributed by atoms with E-state index in [1.165, 1.54) is 7.11 Å². The Balaban J connectivity index is 1.65. The van der Waals surface area contributed by atoms with E-state index in [4.69, 9.17) is 16.3 Å². The number of carbonyl (C=O) groups excluding carboxylic acids is 1. The van der Waals surface area contributed by atoms with Gasteiger partial charge in [-0.25, -0.2) is 0 Å². The number of benzene rings is 2. The average molecular weight is 373 g/mol. The number of hydrogen-bond acceptors (Lipinski definition) is 6. The molecule has 1 heterocycles. The Labute approximate surface area is 155 Å². The fourth-order valence-electron chi connectivity index (χ4n) is 2.37. The lowest BCUT2D eigenvalue weighted by Crippen LogP contribution is -2.22. The number of rotatable bonds is 6. The molecule has 3 aromatic rings. The van der Waals surface area contributed by atoms with Crippen molar-refractivity contribution in [2.24, 2.45) is 0 Å². The number of ether oxygens (including phenoxy) is 1. The number of nitrogens with zero attached hydrogens (tertiary/aromatic N) is 4. The number of nitrogens with one attached hydrogen (secondary N) is 2. The molecule has 0 radical (unpaired) electrons. The topological polar surface area (TPSA) is 94.0 Å². The Hall–Kier alpha value is -3.13. The highest BCUT2D eigenvalue weighted by atomic mass is 35.5. The standard InChI is InChI=1S/C17H17ClN6O2/c1-11-21-22-23-24(11)14-5-3-4-13(9-14)19-10-17(25)20-15-8-12(18)6-7-16(15)26-2/h3-9,19H,10H2,1-2H3,(H,20,25). The number of aryl methyl sites for hydroxylation is 1. The van der Waals surface area contributed by atoms with Gasteiger partial charge < -0.3 is 15.4 Å². The minimum Gasteiger partial charge on any atom is -0.495 e. The smallest absolute Gasteiger partial charge is 0.243 e. The average Bonchev–Trinajstić information content (AvgIpc) is 3.06. The van der Waals surface area contributed by atoms with Gasteiger partial charge in [0.25, 0.3) is 0 Å². The number of tetrazole rings is 1. The molecule has 2 N–H and O–H groups in total. The number of hydrogen-bond donors (Lipinski definition) is 2. The van der Waals surface area contributed by atoms with Gasteiger partial charge in [0.05, 0.1) is 25.0 Å². The molecule has 3 rings (SSSR count). The molecule has 2 aromatic carbocycles. The predicted octanol–water partition coefficient (Wildman–Crippen LogP) is 2.68. The van der Waals surface area contributed by atoms with E-state index in [2.05, 4.69) is 26.2 Å². The summed E-state index contributed by atoms with van der Waals surface area (Å²) in [7, 11) is 1.53. The summed E-state index contributed by atoms with van der Waals surface area (Å²) in [4.78, 5) is 12.2. The van der Waals surface area contributed by atoms with Gasteiger partial charge in [0.1, 0.15) is 5.75 Å². The molecular weight excluding hydrogens is 356 g/mol. The molecule has 0 saturated heterocycles. The van der Waals surface area contributed by atoms with E-state index < -0.39 is 0 Å². The Morgan fingerprint density at radius 3 is 2.85 bits per heavy atom. The molecule has 0 aliphatic rings. The summed E-state index contributed by atoms with van der Waals surface area (Å²) in [6, 6.07) is 12.5. The first-order valence-electron chi connectivity index (χ1n) is 7.79. The maximum absolute atomic E-state index is 12.2. The maximum Gasteiger partial charge on any atom is 0.243 e. The maximum atomic E-state index is 12.2. The Kier molecular flexibility index (Phi) is 5.33. The minimum absolute atomic E-state index is 0.0771. The number of aromatic nitrogens is 4. The number of carbonyl (C=O) groups is 1. The van der Waals surface area contributed by atoms with Crippen molar-refractivity contribution in [1.29, 1.82) is 0 Å². The number of halogens is 1. The molecule has 0 aliphatic carbocycles. The summed E-state index contributed by atoms with van der Waals surface area (Å²) >= 11 is 5.97. The number of methoxy groups -OCH3 is 1. The molecular formula is C17H17ClN6O2. The van der Waals surface area contributed by atoms with E-state index in [1.807, 2.05) is 31.2 Å². The van der Waals surface area contributed by atoms with Crippen molar-refractivity contribution in [2.45, 2.75) is 6.92 Å². The molecule has 1 aromatic heterocycles. The number of anilines is 2. The highest BCUT2D eigenvalue weighted by Gasteiger charge is 2.09. The van der Waals surface area contributed by atoms with Crippen LogP contribution < -0.4 is 15.4 Å². The van der Waals surface area contributed by atoms with E-state index in [-0.39, 0.29) is 12.5 Å². The second kappa shape index (κ2) is 7.83. The van der Waals surface area contributed by atoms with Gasteiger partial charge in [-0.3, -0.25) is 4.79 Å². The molecule has 0 unspecified atom stereocenters. The second-order valence-corrected chi connectivity index (χ2v) is 5.87. The van der Waals surface area contributed by atoms with Gasteiger partial charge >= 0.3 is 0 Å². The van der Waals surface area contributed by atoms with Gasteiger partial charge in [0.2, 0.25) is 5.91 Å². The van der Waals surface area contributed by atoms with Gasteiger partial charge in [0.15, 0.2) is 5.82 Å². The molecule has 9 heteroatoms. The van der Waals surface area contributed by atoms with E-state index in [0.717, 1.165) is 11.4 Å². The van der Waals surface area contributed by atoms with E-state index in [0.29, 0.717) is 22.3 Å². The van der Waals surface area contributed by atoms with Crippen molar-refractivity contribution in [3.05, 3.63) is 53.3 Å². The Morgan fingerprint density at radius 2 is 2.12 bits per heavy atom. The molecule has 8 nitrogen and oxygen atoms in total. The zero-order valence-corrected chi connectivity index (χ0v) is 15.0. The van der Waals surface area contributed by atoms with E-state index in [9.17, 15) is 4.79 Å². The quantitative estimate of drug-likeness (QED) is 0.691. The first kappa shape index (κ1) is 17.7. The van der Waals surface area contributed by atoms with Crippen LogP contribution in [0, 0.1) is 6.92 Å². The van der Waals surface area contributed by atoms with Crippen LogP contribution in [0.1, 0.15) is 5.82 Å². The first-order chi connectivity index (χ1) is 12.6. The summed E-state index contributed by atoms with van der Waals surface area (Å²) in [5, 5.41) is 17.8. The van der Waals surface area contributed by atoms with Crippen LogP contribution in [0.25, 0.3) is 5.69 Å². The highest BCUT2D eigenvalue weighted by molar-refractivity contribution is 6.31. The summed E-state index contributed by atoms with van der Waals surface area (Å²) in [6.07, 6.45) is 0. The summed E-state index contributed by atoms with van der Waals surface area (Å²) in [5.41, 5.74) is 2.09. The van der Waals surface area contributed by atoms with E-state index >= 15 is 0 Å². The monoisotopic (exact) mass is 372 g/mol.